The summed E-state index contributed by atoms with van der Waals surface area (Å²) in [7, 11) is -9.27. The number of carboxylic acids is 6. The molecule has 0 fully saturated rings. The van der Waals surface area contributed by atoms with Gasteiger partial charge in [-0.3, -0.25) is 18.2 Å². The lowest BCUT2D eigenvalue weighted by Crippen LogP contribution is -2.28. The number of carbonyl (C=O) groups excluding carboxylic acids is 1. The van der Waals surface area contributed by atoms with Crippen LogP contribution >= 0.6 is 11.8 Å². The molecule has 13 N–H and O–H groups in total. The SMILES string of the molecule is C=S(C)(=O)c1ccc2c(c1C(=O)O)OB(O)CC2.CC(=O)c1ccnc2c1OB(O)CC2.COc1c(C)cc2c(c1C(=O)O)OB(O)CC2.CS(=O)c1ccc2c(c1C(=O)O)OB(O)CC2.CSc1ccc2c(c1C(=O)O)OB(O)CC2.Cc1c(F)cc2c(c1C(=O)O)OB(O)CC2.Cc1cc2c(c(C(=O)O)c1)OB(O)CC2. The molecule has 1 aromatic heterocycles. The highest BCUT2D eigenvalue weighted by molar-refractivity contribution is 7.99. The predicted molar refractivity (Wildman–Crippen MR) is 419 cm³/mol. The number of aromatic carboxylic acids is 6. The number of carboxylic acid groups (broad SMARTS) is 6. The fourth-order valence-electron chi connectivity index (χ4n) is 12.9. The average Bonchev–Trinajstić information content (AvgIpc) is 0.798. The quantitative estimate of drug-likeness (QED) is 0.0276. The van der Waals surface area contributed by atoms with E-state index in [1.807, 2.05) is 31.4 Å². The minimum Gasteiger partial charge on any atom is -0.535 e. The number of nitrogens with zero attached hydrogens (tertiary/aromatic N) is 1. The molecule has 8 heterocycles. The molecule has 0 bridgehead atoms. The maximum Gasteiger partial charge on any atom is 0.523 e. The highest BCUT2D eigenvalue weighted by Gasteiger charge is 2.37. The molecular formula is C71H79B7FNO30S3. The molecule has 7 aliphatic heterocycles. The van der Waals surface area contributed by atoms with Gasteiger partial charge in [-0.25, -0.2) is 33.2 Å². The molecule has 0 saturated carbocycles. The van der Waals surface area contributed by atoms with Crippen molar-refractivity contribution in [3.8, 4) is 46.0 Å². The van der Waals surface area contributed by atoms with Crippen LogP contribution in [0.1, 0.15) is 135 Å². The Hall–Kier alpha value is -10.0. The Bertz CT molecular complexity index is 4980. The van der Waals surface area contributed by atoms with Crippen molar-refractivity contribution in [3.63, 3.8) is 0 Å². The Balaban J connectivity index is 0.000000165. The maximum atomic E-state index is 13.4. The fourth-order valence-corrected chi connectivity index (χ4v) is 15.2. The number of carbonyl (C=O) groups is 7. The van der Waals surface area contributed by atoms with Gasteiger partial charge in [-0.2, -0.15) is 0 Å². The number of aromatic nitrogens is 1. The van der Waals surface area contributed by atoms with Gasteiger partial charge in [-0.1, -0.05) is 24.3 Å². The van der Waals surface area contributed by atoms with Crippen molar-refractivity contribution in [1.82, 2.24) is 4.98 Å². The number of ether oxygens (including phenoxy) is 1. The first-order valence-corrected chi connectivity index (χ1v) is 39.8. The van der Waals surface area contributed by atoms with Crippen LogP contribution in [0.25, 0.3) is 0 Å². The number of fused-ring (bicyclic) bond motifs is 7. The van der Waals surface area contributed by atoms with Crippen molar-refractivity contribution in [2.45, 2.75) is 132 Å². The first-order chi connectivity index (χ1) is 53.2. The second-order valence-electron chi connectivity index (χ2n) is 26.5. The molecule has 0 radical (unpaired) electrons. The maximum absolute atomic E-state index is 13.4. The number of ketones is 1. The molecular weight excluding hydrogens is 1540 g/mol. The van der Waals surface area contributed by atoms with Crippen molar-refractivity contribution in [2.24, 2.45) is 0 Å². The average molecular weight is 1620 g/mol. The molecule has 0 aliphatic carbocycles. The van der Waals surface area contributed by atoms with Gasteiger partial charge in [0.05, 0.1) is 34.1 Å². The van der Waals surface area contributed by atoms with Crippen molar-refractivity contribution in [3.05, 3.63) is 173 Å². The number of methoxy groups -OCH3 is 1. The standard InChI is InChI=1S/C11H13BO5S.C11H13BO5.C10H10BFO4.C10H11BO5S.C10H11BO4S.C10H11BO4.C9H10BNO3/c1-18(2,16)8-4-3-7-5-6-12(15)17-10(7)9(8)11(13)14;1-6-5-7-3-4-12(15)17-10(7)8(11(13)14)9(6)16-2;1-5-7(12)4-6-2-3-11(15)16-9(6)8(5)10(13)14;1-17(15)7-3-2-6-4-5-11(14)16-9(6)8(7)10(12)13;1-16-7-3-2-6-4-5-11(14)15-9(6)8(7)10(12)13;1-6-4-7-2-3-11(14)15-9(7)8(5-6)10(12)13;1-6(12)7-3-5-11-8-2-4-10(13)14-9(7)8/h3-4,15H,1,5-6H2,2H3,(H,13,14);5,15H,3-4H2,1-2H3,(H,13,14);4,15H,2-3H2,1H3,(H,13,14);2-3,14H,4-5H2,1H3,(H,12,13);2-3,14H,4-5H2,1H3,(H,12,13);4-5,14H,2-3H2,1H3,(H,12,13);3,5,13H,2,4H2,1H3. The zero-order chi connectivity index (χ0) is 83.4. The van der Waals surface area contributed by atoms with Crippen molar-refractivity contribution < 1.29 is 149 Å². The summed E-state index contributed by atoms with van der Waals surface area (Å²) in [4.78, 5) is 83.3. The molecule has 2 unspecified atom stereocenters. The molecule has 113 heavy (non-hydrogen) atoms. The van der Waals surface area contributed by atoms with Crippen LogP contribution in [0.4, 0.5) is 4.39 Å². The number of rotatable bonds is 11. The van der Waals surface area contributed by atoms with Gasteiger partial charge in [0, 0.05) is 40.4 Å². The van der Waals surface area contributed by atoms with Crippen LogP contribution in [0.5, 0.6) is 46.0 Å². The van der Waals surface area contributed by atoms with E-state index in [4.69, 9.17) is 57.7 Å². The Labute approximate surface area is 657 Å². The summed E-state index contributed by atoms with van der Waals surface area (Å²) < 4.78 is 78.2. The second-order valence-corrected chi connectivity index (χ2v) is 31.1. The summed E-state index contributed by atoms with van der Waals surface area (Å²) >= 11 is 1.36. The van der Waals surface area contributed by atoms with E-state index in [2.05, 4.69) is 10.9 Å². The Morgan fingerprint density at radius 2 is 0.885 bits per heavy atom. The minimum absolute atomic E-state index is 0.0127. The minimum atomic E-state index is -2.67. The zero-order valence-electron chi connectivity index (χ0n) is 62.4. The van der Waals surface area contributed by atoms with Crippen LogP contribution < -0.4 is 37.3 Å². The Kier molecular flexibility index (Phi) is 30.3. The van der Waals surface area contributed by atoms with E-state index in [1.165, 1.54) is 57.4 Å². The van der Waals surface area contributed by atoms with E-state index in [-0.39, 0.29) is 83.3 Å². The summed E-state index contributed by atoms with van der Waals surface area (Å²) in [6, 6.07) is 18.2. The molecule has 7 aliphatic rings. The molecule has 0 saturated heterocycles. The van der Waals surface area contributed by atoms with E-state index < -0.39 is 112 Å². The van der Waals surface area contributed by atoms with Crippen LogP contribution in [-0.4, -0.2) is 202 Å². The number of halogens is 1. The van der Waals surface area contributed by atoms with E-state index in [9.17, 15) is 91.8 Å². The third kappa shape index (κ3) is 21.9. The highest BCUT2D eigenvalue weighted by atomic mass is 32.2. The lowest BCUT2D eigenvalue weighted by Gasteiger charge is -2.23. The first-order valence-electron chi connectivity index (χ1n) is 34.9. The highest BCUT2D eigenvalue weighted by Crippen LogP contribution is 2.42. The number of aryl methyl sites for hydroxylation is 9. The molecule has 31 nitrogen and oxygen atoms in total. The number of thioether (sulfide) groups is 1. The van der Waals surface area contributed by atoms with Crippen LogP contribution in [0.3, 0.4) is 0 Å². The summed E-state index contributed by atoms with van der Waals surface area (Å²) in [6.07, 6.45) is 13.4. The fraction of sp³-hybridized carbons (Fsp3) is 0.310. The first kappa shape index (κ1) is 88.5. The summed E-state index contributed by atoms with van der Waals surface area (Å²) in [5.74, 6) is -2.04. The number of benzene rings is 6. The number of hydrogen-bond acceptors (Lipinski definition) is 26. The van der Waals surface area contributed by atoms with Crippen molar-refractivity contribution in [1.29, 1.82) is 0 Å². The molecule has 7 aromatic rings. The van der Waals surface area contributed by atoms with Gasteiger partial charge in [0.1, 0.15) is 85.2 Å². The zero-order valence-corrected chi connectivity index (χ0v) is 64.8. The largest absolute Gasteiger partial charge is 0.535 e. The van der Waals surface area contributed by atoms with E-state index >= 15 is 0 Å². The third-order valence-corrected chi connectivity index (χ3v) is 21.2. The van der Waals surface area contributed by atoms with Crippen molar-refractivity contribution in [2.75, 3.05) is 25.9 Å². The lowest BCUT2D eigenvalue weighted by molar-refractivity contribution is 0.0678. The van der Waals surface area contributed by atoms with Gasteiger partial charge in [-0.15, -0.1) is 11.8 Å². The predicted octanol–water partition coefficient (Wildman–Crippen LogP) is 6.74. The van der Waals surface area contributed by atoms with Gasteiger partial charge < -0.3 is 103 Å². The van der Waals surface area contributed by atoms with E-state index in [0.717, 1.165) is 39.1 Å². The van der Waals surface area contributed by atoms with E-state index in [0.29, 0.717) is 128 Å². The topological polar surface area (TPSA) is 503 Å². The summed E-state index contributed by atoms with van der Waals surface area (Å²) in [5.41, 5.74) is 7.15. The normalized spacial score (nSPS) is 15.1. The van der Waals surface area contributed by atoms with Gasteiger partial charge >= 0.3 is 85.6 Å². The summed E-state index contributed by atoms with van der Waals surface area (Å²) in [6.45, 7) is 6.48. The Morgan fingerprint density at radius 1 is 0.496 bits per heavy atom. The molecule has 42 heteroatoms. The number of Topliss-reactive ketones (excluding diaryl/α,β-unsaturated/α-hetero) is 1. The number of hydrogen-bond donors (Lipinski definition) is 13. The molecule has 2 atom stereocenters. The molecule has 6 aromatic carbocycles. The molecule has 0 spiro atoms. The van der Waals surface area contributed by atoms with Gasteiger partial charge in [0.2, 0.25) is 0 Å². The van der Waals surface area contributed by atoms with Gasteiger partial charge in [0.15, 0.2) is 5.78 Å². The molecule has 14 rings (SSSR count). The lowest BCUT2D eigenvalue weighted by atomic mass is 9.78. The molecule has 0 amide bonds. The smallest absolute Gasteiger partial charge is 0.523 e. The summed E-state index contributed by atoms with van der Waals surface area (Å²) in [5, 5.41) is 120. The van der Waals surface area contributed by atoms with Gasteiger partial charge in [-0.05, 0) is 219 Å². The van der Waals surface area contributed by atoms with Crippen LogP contribution in [0, 0.1) is 26.6 Å². The van der Waals surface area contributed by atoms with Gasteiger partial charge in [0.25, 0.3) is 0 Å². The second kappa shape index (κ2) is 38.7. The van der Waals surface area contributed by atoms with Crippen molar-refractivity contribution >= 4 is 129 Å². The third-order valence-electron chi connectivity index (χ3n) is 18.2. The van der Waals surface area contributed by atoms with Crippen LogP contribution in [0.2, 0.25) is 44.2 Å². The Morgan fingerprint density at radius 3 is 1.32 bits per heavy atom. The van der Waals surface area contributed by atoms with Crippen LogP contribution in [0.15, 0.2) is 87.6 Å². The molecule has 594 valence electrons. The number of pyridine rings is 1. The monoisotopic (exact) mass is 1620 g/mol. The van der Waals surface area contributed by atoms with E-state index in [1.54, 1.807) is 49.5 Å². The van der Waals surface area contributed by atoms with Crippen LogP contribution in [-0.2, 0) is 65.3 Å².